The first-order valence-corrected chi connectivity index (χ1v) is 7.39. The van der Waals surface area contributed by atoms with Gasteiger partial charge >= 0.3 is 6.03 Å². The van der Waals surface area contributed by atoms with Crippen molar-refractivity contribution in [1.82, 2.24) is 10.2 Å². The van der Waals surface area contributed by atoms with Gasteiger partial charge in [-0.3, -0.25) is 9.69 Å². The second kappa shape index (κ2) is 6.03. The summed E-state index contributed by atoms with van der Waals surface area (Å²) in [4.78, 5) is 25.5. The van der Waals surface area contributed by atoms with E-state index in [1.165, 1.54) is 0 Å². The Hall–Kier alpha value is -1.59. The molecule has 1 aliphatic rings. The van der Waals surface area contributed by atoms with Gasteiger partial charge in [0.25, 0.3) is 5.91 Å². The summed E-state index contributed by atoms with van der Waals surface area (Å²) >= 11 is 5.88. The van der Waals surface area contributed by atoms with Crippen molar-refractivity contribution < 1.29 is 14.7 Å². The summed E-state index contributed by atoms with van der Waals surface area (Å²) in [6.45, 7) is 3.64. The number of benzene rings is 1. The number of hydrogen-bond acceptors (Lipinski definition) is 3. The molecule has 114 valence electrons. The van der Waals surface area contributed by atoms with Crippen molar-refractivity contribution in [2.75, 3.05) is 6.54 Å². The van der Waals surface area contributed by atoms with Crippen LogP contribution < -0.4 is 5.32 Å². The van der Waals surface area contributed by atoms with Crippen LogP contribution in [0.2, 0.25) is 5.02 Å². The summed E-state index contributed by atoms with van der Waals surface area (Å²) in [5.41, 5.74) is -0.265. The Bertz CT molecular complexity index is 558. The van der Waals surface area contributed by atoms with E-state index in [1.807, 2.05) is 13.8 Å². The summed E-state index contributed by atoms with van der Waals surface area (Å²) in [6, 6.07) is 6.30. The van der Waals surface area contributed by atoms with Crippen LogP contribution in [0.1, 0.15) is 38.4 Å². The van der Waals surface area contributed by atoms with E-state index >= 15 is 0 Å². The number of carbonyl (C=O) groups excluding carboxylic acids is 2. The predicted octanol–water partition coefficient (Wildman–Crippen LogP) is 2.48. The third kappa shape index (κ3) is 2.89. The van der Waals surface area contributed by atoms with E-state index in [4.69, 9.17) is 11.6 Å². The highest BCUT2D eigenvalue weighted by molar-refractivity contribution is 6.30. The fourth-order valence-electron chi connectivity index (χ4n) is 2.56. The number of aliphatic hydroxyl groups excluding tert-OH is 1. The predicted molar refractivity (Wildman–Crippen MR) is 80.0 cm³/mol. The van der Waals surface area contributed by atoms with Crippen molar-refractivity contribution in [3.8, 4) is 0 Å². The van der Waals surface area contributed by atoms with Crippen molar-refractivity contribution in [1.29, 1.82) is 0 Å². The molecule has 1 saturated heterocycles. The molecule has 1 aromatic rings. The van der Waals surface area contributed by atoms with Crippen LogP contribution in [-0.4, -0.2) is 34.0 Å². The molecule has 6 heteroatoms. The summed E-state index contributed by atoms with van der Waals surface area (Å²) in [5, 5.41) is 13.5. The molecule has 1 aliphatic heterocycles. The van der Waals surface area contributed by atoms with Crippen molar-refractivity contribution in [3.05, 3.63) is 34.9 Å². The van der Waals surface area contributed by atoms with E-state index in [9.17, 15) is 14.7 Å². The number of rotatable bonds is 5. The monoisotopic (exact) mass is 310 g/mol. The van der Waals surface area contributed by atoms with Crippen molar-refractivity contribution in [3.63, 3.8) is 0 Å². The molecule has 1 aromatic carbocycles. The smallest absolute Gasteiger partial charge is 0.325 e. The SMILES string of the molecule is CCC1(CC)NC(=O)N(CC(O)c2cccc(Cl)c2)C1=O. The maximum atomic E-state index is 12.4. The number of nitrogens with zero attached hydrogens (tertiary/aromatic N) is 1. The molecule has 0 bridgehead atoms. The van der Waals surface area contributed by atoms with E-state index in [0.717, 1.165) is 4.90 Å². The standard InChI is InChI=1S/C15H19ClN2O3/c1-3-15(4-2)13(20)18(14(21)17-15)9-12(19)10-6-5-7-11(16)8-10/h5-8,12,19H,3-4,9H2,1-2H3,(H,17,21). The third-order valence-electron chi connectivity index (χ3n) is 4.04. The Morgan fingerprint density at radius 3 is 2.52 bits per heavy atom. The van der Waals surface area contributed by atoms with E-state index < -0.39 is 17.7 Å². The van der Waals surface area contributed by atoms with Crippen LogP contribution in [-0.2, 0) is 4.79 Å². The van der Waals surface area contributed by atoms with Crippen LogP contribution in [0.25, 0.3) is 0 Å². The number of urea groups is 1. The fourth-order valence-corrected chi connectivity index (χ4v) is 2.76. The average Bonchev–Trinajstić information content (AvgIpc) is 2.72. The Kier molecular flexibility index (Phi) is 4.54. The number of carbonyl (C=O) groups is 2. The summed E-state index contributed by atoms with van der Waals surface area (Å²) in [7, 11) is 0. The molecule has 21 heavy (non-hydrogen) atoms. The molecule has 0 radical (unpaired) electrons. The van der Waals surface area contributed by atoms with Crippen molar-refractivity contribution >= 4 is 23.5 Å². The molecule has 0 aliphatic carbocycles. The lowest BCUT2D eigenvalue weighted by atomic mass is 9.93. The number of aliphatic hydroxyl groups is 1. The first-order valence-electron chi connectivity index (χ1n) is 7.01. The summed E-state index contributed by atoms with van der Waals surface area (Å²) in [6.07, 6.45) is 0.0956. The molecular formula is C15H19ClN2O3. The normalized spacial score (nSPS) is 18.8. The van der Waals surface area contributed by atoms with E-state index in [2.05, 4.69) is 5.32 Å². The van der Waals surface area contributed by atoms with Crippen LogP contribution in [0.3, 0.4) is 0 Å². The maximum Gasteiger partial charge on any atom is 0.325 e. The molecule has 3 amide bonds. The van der Waals surface area contributed by atoms with Gasteiger partial charge in [-0.25, -0.2) is 4.79 Å². The second-order valence-corrected chi connectivity index (χ2v) is 5.64. The third-order valence-corrected chi connectivity index (χ3v) is 4.28. The summed E-state index contributed by atoms with van der Waals surface area (Å²) < 4.78 is 0. The summed E-state index contributed by atoms with van der Waals surface area (Å²) in [5.74, 6) is -0.279. The molecule has 2 rings (SSSR count). The highest BCUT2D eigenvalue weighted by Gasteiger charge is 2.49. The van der Waals surface area contributed by atoms with Crippen molar-refractivity contribution in [2.24, 2.45) is 0 Å². The zero-order valence-corrected chi connectivity index (χ0v) is 12.9. The topological polar surface area (TPSA) is 69.6 Å². The maximum absolute atomic E-state index is 12.4. The van der Waals surface area contributed by atoms with E-state index in [1.54, 1.807) is 24.3 Å². The Labute approximate surface area is 128 Å². The molecule has 1 unspecified atom stereocenters. The molecular weight excluding hydrogens is 292 g/mol. The molecule has 2 N–H and O–H groups in total. The lowest BCUT2D eigenvalue weighted by Gasteiger charge is -2.24. The molecule has 0 saturated carbocycles. The number of amides is 3. The lowest BCUT2D eigenvalue weighted by molar-refractivity contribution is -0.132. The van der Waals surface area contributed by atoms with E-state index in [-0.39, 0.29) is 12.5 Å². The Morgan fingerprint density at radius 2 is 2.00 bits per heavy atom. The molecule has 0 aromatic heterocycles. The van der Waals surface area contributed by atoms with Gasteiger partial charge in [0, 0.05) is 5.02 Å². The fraction of sp³-hybridized carbons (Fsp3) is 0.467. The van der Waals surface area contributed by atoms with Gasteiger partial charge < -0.3 is 10.4 Å². The van der Waals surface area contributed by atoms with Gasteiger partial charge in [-0.2, -0.15) is 0 Å². The number of imide groups is 1. The minimum absolute atomic E-state index is 0.0766. The van der Waals surface area contributed by atoms with Gasteiger partial charge in [0.15, 0.2) is 0 Å². The lowest BCUT2D eigenvalue weighted by Crippen LogP contribution is -2.46. The zero-order valence-electron chi connectivity index (χ0n) is 12.1. The number of halogens is 1. The first kappa shape index (κ1) is 15.8. The minimum Gasteiger partial charge on any atom is -0.387 e. The molecule has 1 heterocycles. The molecule has 1 fully saturated rings. The van der Waals surface area contributed by atoms with Gasteiger partial charge in [-0.15, -0.1) is 0 Å². The Morgan fingerprint density at radius 1 is 1.33 bits per heavy atom. The van der Waals surface area contributed by atoms with Crippen LogP contribution in [0.15, 0.2) is 24.3 Å². The van der Waals surface area contributed by atoms with Gasteiger partial charge in [0.2, 0.25) is 0 Å². The largest absolute Gasteiger partial charge is 0.387 e. The van der Waals surface area contributed by atoms with E-state index in [0.29, 0.717) is 23.4 Å². The molecule has 0 spiro atoms. The number of β-amino-alcohol motifs (C(OH)–C–C–N with tert-alkyl or cyclic N) is 1. The van der Waals surface area contributed by atoms with Crippen molar-refractivity contribution in [2.45, 2.75) is 38.3 Å². The van der Waals surface area contributed by atoms with Gasteiger partial charge in [-0.05, 0) is 30.5 Å². The van der Waals surface area contributed by atoms with Crippen LogP contribution in [0, 0.1) is 0 Å². The highest BCUT2D eigenvalue weighted by Crippen LogP contribution is 2.27. The highest BCUT2D eigenvalue weighted by atomic mass is 35.5. The van der Waals surface area contributed by atoms with Crippen LogP contribution >= 0.6 is 11.6 Å². The quantitative estimate of drug-likeness (QED) is 0.821. The van der Waals surface area contributed by atoms with Crippen LogP contribution in [0.5, 0.6) is 0 Å². The second-order valence-electron chi connectivity index (χ2n) is 5.21. The van der Waals surface area contributed by atoms with Gasteiger partial charge in [0.1, 0.15) is 5.54 Å². The van der Waals surface area contributed by atoms with Crippen LogP contribution in [0.4, 0.5) is 4.79 Å². The molecule has 5 nitrogen and oxygen atoms in total. The van der Waals surface area contributed by atoms with Gasteiger partial charge in [0.05, 0.1) is 12.6 Å². The minimum atomic E-state index is -0.956. The molecule has 1 atom stereocenters. The first-order chi connectivity index (χ1) is 9.93. The van der Waals surface area contributed by atoms with Gasteiger partial charge in [-0.1, -0.05) is 37.6 Å². The zero-order chi connectivity index (χ0) is 15.6. The Balaban J connectivity index is 2.16. The average molecular weight is 311 g/mol. The number of nitrogens with one attached hydrogen (secondary N) is 1. The number of hydrogen-bond donors (Lipinski definition) is 2.